The zero-order valence-electron chi connectivity index (χ0n) is 10.4. The van der Waals surface area contributed by atoms with Crippen molar-refractivity contribution in [2.75, 3.05) is 26.8 Å². The Kier molecular flexibility index (Phi) is 5.77. The molecular formula is C12H24N2O2. The number of nitrogens with zero attached hydrogens (tertiary/aromatic N) is 1. The molecule has 1 heterocycles. The molecule has 0 bridgehead atoms. The van der Waals surface area contributed by atoms with E-state index in [1.807, 2.05) is 4.90 Å². The van der Waals surface area contributed by atoms with Crippen LogP contribution in [-0.4, -0.2) is 43.7 Å². The zero-order valence-corrected chi connectivity index (χ0v) is 10.4. The van der Waals surface area contributed by atoms with E-state index in [1.54, 1.807) is 7.11 Å². The molecule has 0 spiro atoms. The summed E-state index contributed by atoms with van der Waals surface area (Å²) in [7, 11) is 1.71. The van der Waals surface area contributed by atoms with E-state index in [1.165, 1.54) is 0 Å². The molecule has 1 rings (SSSR count). The lowest BCUT2D eigenvalue weighted by Gasteiger charge is -2.34. The van der Waals surface area contributed by atoms with Crippen molar-refractivity contribution in [2.24, 2.45) is 11.7 Å². The Morgan fingerprint density at radius 1 is 1.62 bits per heavy atom. The summed E-state index contributed by atoms with van der Waals surface area (Å²) in [5, 5.41) is 0. The maximum Gasteiger partial charge on any atom is 0.239 e. The van der Waals surface area contributed by atoms with Crippen molar-refractivity contribution in [3.63, 3.8) is 0 Å². The predicted molar refractivity (Wildman–Crippen MR) is 64.1 cm³/mol. The Balaban J connectivity index is 2.43. The van der Waals surface area contributed by atoms with E-state index in [0.717, 1.165) is 45.4 Å². The number of ether oxygens (including phenoxy) is 1. The number of nitrogens with two attached hydrogens (primary N) is 1. The monoisotopic (exact) mass is 228 g/mol. The second kappa shape index (κ2) is 6.86. The van der Waals surface area contributed by atoms with Gasteiger partial charge in [0.05, 0.1) is 12.6 Å². The van der Waals surface area contributed by atoms with E-state index in [-0.39, 0.29) is 11.9 Å². The summed E-state index contributed by atoms with van der Waals surface area (Å²) >= 11 is 0. The van der Waals surface area contributed by atoms with Crippen molar-refractivity contribution < 1.29 is 9.53 Å². The molecule has 1 aliphatic rings. The molecule has 1 saturated heterocycles. The molecular weight excluding hydrogens is 204 g/mol. The number of likely N-dealkylation sites (tertiary alicyclic amines) is 1. The van der Waals surface area contributed by atoms with Crippen molar-refractivity contribution in [3.05, 3.63) is 0 Å². The third kappa shape index (κ3) is 3.76. The van der Waals surface area contributed by atoms with Crippen molar-refractivity contribution in [1.29, 1.82) is 0 Å². The summed E-state index contributed by atoms with van der Waals surface area (Å²) in [6.07, 6.45) is 3.96. The van der Waals surface area contributed by atoms with E-state index >= 15 is 0 Å². The third-order valence-corrected chi connectivity index (χ3v) is 3.15. The van der Waals surface area contributed by atoms with Crippen LogP contribution in [0.25, 0.3) is 0 Å². The molecule has 4 nitrogen and oxygen atoms in total. The minimum Gasteiger partial charge on any atom is -0.384 e. The number of rotatable bonds is 5. The maximum absolute atomic E-state index is 12.0. The highest BCUT2D eigenvalue weighted by molar-refractivity contribution is 5.81. The molecule has 0 radical (unpaired) electrons. The van der Waals surface area contributed by atoms with Crippen molar-refractivity contribution in [1.82, 2.24) is 4.90 Å². The van der Waals surface area contributed by atoms with Crippen LogP contribution in [0.1, 0.15) is 32.6 Å². The third-order valence-electron chi connectivity index (χ3n) is 3.15. The van der Waals surface area contributed by atoms with Gasteiger partial charge in [-0.1, -0.05) is 13.3 Å². The number of carbonyl (C=O) groups is 1. The van der Waals surface area contributed by atoms with Crippen molar-refractivity contribution in [2.45, 2.75) is 38.6 Å². The average molecular weight is 228 g/mol. The summed E-state index contributed by atoms with van der Waals surface area (Å²) in [6, 6.07) is -0.314. The van der Waals surface area contributed by atoms with Gasteiger partial charge in [0.25, 0.3) is 0 Å². The fourth-order valence-corrected chi connectivity index (χ4v) is 2.31. The topological polar surface area (TPSA) is 55.6 Å². The summed E-state index contributed by atoms with van der Waals surface area (Å²) in [4.78, 5) is 13.9. The SMILES string of the molecule is CCCC(N)C(=O)N1CCCC(COC)C1. The summed E-state index contributed by atoms with van der Waals surface area (Å²) in [6.45, 7) is 4.46. The van der Waals surface area contributed by atoms with Gasteiger partial charge in [-0.05, 0) is 25.2 Å². The molecule has 0 aromatic rings. The van der Waals surface area contributed by atoms with Gasteiger partial charge >= 0.3 is 0 Å². The number of carbonyl (C=O) groups excluding carboxylic acids is 1. The van der Waals surface area contributed by atoms with Crippen LogP contribution in [0.3, 0.4) is 0 Å². The van der Waals surface area contributed by atoms with Crippen LogP contribution >= 0.6 is 0 Å². The van der Waals surface area contributed by atoms with Crippen LogP contribution in [0.2, 0.25) is 0 Å². The zero-order chi connectivity index (χ0) is 12.0. The van der Waals surface area contributed by atoms with Gasteiger partial charge < -0.3 is 15.4 Å². The largest absolute Gasteiger partial charge is 0.384 e. The first-order chi connectivity index (χ1) is 7.69. The molecule has 2 unspecified atom stereocenters. The Hall–Kier alpha value is -0.610. The molecule has 0 aromatic heterocycles. The summed E-state index contributed by atoms with van der Waals surface area (Å²) < 4.78 is 5.15. The highest BCUT2D eigenvalue weighted by Gasteiger charge is 2.26. The molecule has 1 fully saturated rings. The van der Waals surface area contributed by atoms with Crippen LogP contribution < -0.4 is 5.73 Å². The second-order valence-electron chi connectivity index (χ2n) is 4.64. The first-order valence-corrected chi connectivity index (χ1v) is 6.22. The fraction of sp³-hybridized carbons (Fsp3) is 0.917. The molecule has 1 amide bonds. The quantitative estimate of drug-likeness (QED) is 0.763. The average Bonchev–Trinajstić information content (AvgIpc) is 2.29. The fourth-order valence-electron chi connectivity index (χ4n) is 2.31. The highest BCUT2D eigenvalue weighted by atomic mass is 16.5. The van der Waals surface area contributed by atoms with Crippen LogP contribution in [0.5, 0.6) is 0 Å². The summed E-state index contributed by atoms with van der Waals surface area (Å²) in [5.74, 6) is 0.596. The molecule has 0 aliphatic carbocycles. The number of piperidine rings is 1. The van der Waals surface area contributed by atoms with Crippen LogP contribution in [0.15, 0.2) is 0 Å². The Labute approximate surface area is 98.1 Å². The van der Waals surface area contributed by atoms with Crippen molar-refractivity contribution >= 4 is 5.91 Å². The van der Waals surface area contributed by atoms with Gasteiger partial charge in [0.15, 0.2) is 0 Å². The number of methoxy groups -OCH3 is 1. The molecule has 2 N–H and O–H groups in total. The van der Waals surface area contributed by atoms with Crippen LogP contribution in [0, 0.1) is 5.92 Å². The van der Waals surface area contributed by atoms with Gasteiger partial charge in [0.2, 0.25) is 5.91 Å². The van der Waals surface area contributed by atoms with Crippen LogP contribution in [-0.2, 0) is 9.53 Å². The molecule has 2 atom stereocenters. The number of hydrogen-bond acceptors (Lipinski definition) is 3. The standard InChI is InChI=1S/C12H24N2O2/c1-3-5-11(13)12(15)14-7-4-6-10(8-14)9-16-2/h10-11H,3-9,13H2,1-2H3. The van der Waals surface area contributed by atoms with E-state index in [2.05, 4.69) is 6.92 Å². The van der Waals surface area contributed by atoms with Gasteiger partial charge in [-0.3, -0.25) is 4.79 Å². The number of hydrogen-bond donors (Lipinski definition) is 1. The van der Waals surface area contributed by atoms with E-state index in [4.69, 9.17) is 10.5 Å². The minimum atomic E-state index is -0.314. The minimum absolute atomic E-state index is 0.114. The van der Waals surface area contributed by atoms with Gasteiger partial charge in [-0.2, -0.15) is 0 Å². The van der Waals surface area contributed by atoms with Gasteiger partial charge in [0, 0.05) is 20.2 Å². The highest BCUT2D eigenvalue weighted by Crippen LogP contribution is 2.17. The van der Waals surface area contributed by atoms with E-state index < -0.39 is 0 Å². The van der Waals surface area contributed by atoms with Crippen LogP contribution in [0.4, 0.5) is 0 Å². The Morgan fingerprint density at radius 3 is 3.00 bits per heavy atom. The van der Waals surface area contributed by atoms with E-state index in [0.29, 0.717) is 5.92 Å². The Bertz CT molecular complexity index is 219. The maximum atomic E-state index is 12.0. The molecule has 0 saturated carbocycles. The first-order valence-electron chi connectivity index (χ1n) is 6.22. The molecule has 0 aromatic carbocycles. The van der Waals surface area contributed by atoms with E-state index in [9.17, 15) is 4.79 Å². The smallest absolute Gasteiger partial charge is 0.239 e. The number of amides is 1. The lowest BCUT2D eigenvalue weighted by molar-refractivity contribution is -0.135. The second-order valence-corrected chi connectivity index (χ2v) is 4.64. The lowest BCUT2D eigenvalue weighted by Crippen LogP contribution is -2.48. The first kappa shape index (κ1) is 13.5. The predicted octanol–water partition coefficient (Wildman–Crippen LogP) is 0.999. The molecule has 4 heteroatoms. The normalized spacial score (nSPS) is 23.2. The molecule has 16 heavy (non-hydrogen) atoms. The molecule has 94 valence electrons. The van der Waals surface area contributed by atoms with Gasteiger partial charge in [0.1, 0.15) is 0 Å². The summed E-state index contributed by atoms with van der Waals surface area (Å²) in [5.41, 5.74) is 5.86. The van der Waals surface area contributed by atoms with Gasteiger partial charge in [-0.25, -0.2) is 0 Å². The molecule has 1 aliphatic heterocycles. The Morgan fingerprint density at radius 2 is 2.38 bits per heavy atom. The van der Waals surface area contributed by atoms with Gasteiger partial charge in [-0.15, -0.1) is 0 Å². The lowest BCUT2D eigenvalue weighted by atomic mass is 9.98. The van der Waals surface area contributed by atoms with Crippen molar-refractivity contribution in [3.8, 4) is 0 Å².